The molecule has 0 saturated heterocycles. The second-order valence-corrected chi connectivity index (χ2v) is 9.51. The molecule has 4 aromatic rings. The summed E-state index contributed by atoms with van der Waals surface area (Å²) in [5, 5.41) is 13.0. The zero-order chi connectivity index (χ0) is 23.5. The van der Waals surface area contributed by atoms with E-state index in [-0.39, 0.29) is 18.3 Å². The number of aromatic nitrogens is 4. The number of benzene rings is 2. The van der Waals surface area contributed by atoms with E-state index in [1.165, 1.54) is 23.9 Å². The van der Waals surface area contributed by atoms with Crippen LogP contribution in [0.25, 0.3) is 5.69 Å². The average Bonchev–Trinajstić information content (AvgIpc) is 3.58. The monoisotopic (exact) mass is 493 g/mol. The van der Waals surface area contributed by atoms with Crippen molar-refractivity contribution >= 4 is 29.3 Å². The molecule has 2 aromatic heterocycles. The Bertz CT molecular complexity index is 1290. The minimum Gasteiger partial charge on any atom is -0.348 e. The second kappa shape index (κ2) is 9.56. The highest BCUT2D eigenvalue weighted by atomic mass is 35.5. The molecule has 0 bridgehead atoms. The fraction of sp³-hybridized carbons (Fsp3) is 0.200. The molecule has 172 valence electrons. The van der Waals surface area contributed by atoms with E-state index in [0.717, 1.165) is 29.7 Å². The van der Waals surface area contributed by atoms with Crippen LogP contribution in [0.5, 0.6) is 0 Å². The standard InChI is InChI=1S/C25H21ClFN5OS/c26-19-3-1-18(2-4-19)25(11-12-25)23(33)29-15-22-30-31-24(34-16-17-9-13-28-14-10-17)32(22)21-7-5-20(27)6-8-21/h1-10,13-14H,11-12,15-16H2,(H,29,33). The van der Waals surface area contributed by atoms with Crippen molar-refractivity contribution in [3.05, 3.63) is 101 Å². The van der Waals surface area contributed by atoms with E-state index in [4.69, 9.17) is 11.6 Å². The van der Waals surface area contributed by atoms with Gasteiger partial charge in [-0.2, -0.15) is 0 Å². The fourth-order valence-electron chi connectivity index (χ4n) is 3.85. The van der Waals surface area contributed by atoms with Crippen LogP contribution in [0.3, 0.4) is 0 Å². The van der Waals surface area contributed by atoms with E-state index >= 15 is 0 Å². The first-order valence-corrected chi connectivity index (χ1v) is 12.2. The van der Waals surface area contributed by atoms with Crippen LogP contribution in [0.4, 0.5) is 4.39 Å². The van der Waals surface area contributed by atoms with Gasteiger partial charge in [0.1, 0.15) is 5.82 Å². The Morgan fingerprint density at radius 1 is 1.03 bits per heavy atom. The molecule has 5 rings (SSSR count). The number of hydrogen-bond acceptors (Lipinski definition) is 5. The quantitative estimate of drug-likeness (QED) is 0.346. The fourth-order valence-corrected chi connectivity index (χ4v) is 4.91. The van der Waals surface area contributed by atoms with Gasteiger partial charge in [-0.05, 0) is 72.5 Å². The third kappa shape index (κ3) is 4.69. The van der Waals surface area contributed by atoms with E-state index < -0.39 is 5.41 Å². The van der Waals surface area contributed by atoms with Crippen molar-refractivity contribution in [1.82, 2.24) is 25.1 Å². The molecule has 0 spiro atoms. The van der Waals surface area contributed by atoms with Crippen molar-refractivity contribution < 1.29 is 9.18 Å². The van der Waals surface area contributed by atoms with Crippen LogP contribution in [0.2, 0.25) is 5.02 Å². The largest absolute Gasteiger partial charge is 0.348 e. The Hall–Kier alpha value is -3.23. The summed E-state index contributed by atoms with van der Waals surface area (Å²) in [6.45, 7) is 0.203. The van der Waals surface area contributed by atoms with Crippen molar-refractivity contribution in [3.63, 3.8) is 0 Å². The van der Waals surface area contributed by atoms with Gasteiger partial charge in [0.05, 0.1) is 12.0 Å². The van der Waals surface area contributed by atoms with E-state index in [1.54, 1.807) is 24.5 Å². The van der Waals surface area contributed by atoms with Crippen LogP contribution in [0.1, 0.15) is 29.8 Å². The highest BCUT2D eigenvalue weighted by Gasteiger charge is 2.51. The molecule has 1 N–H and O–H groups in total. The molecule has 0 radical (unpaired) electrons. The molecule has 1 saturated carbocycles. The summed E-state index contributed by atoms with van der Waals surface area (Å²) in [5.41, 5.74) is 2.27. The molecular formula is C25H21ClFN5OS. The minimum absolute atomic E-state index is 0.0468. The van der Waals surface area contributed by atoms with Gasteiger partial charge in [-0.15, -0.1) is 10.2 Å². The number of carbonyl (C=O) groups excluding carboxylic acids is 1. The van der Waals surface area contributed by atoms with Crippen LogP contribution in [-0.4, -0.2) is 25.7 Å². The zero-order valence-electron chi connectivity index (χ0n) is 18.1. The van der Waals surface area contributed by atoms with Gasteiger partial charge >= 0.3 is 0 Å². The Morgan fingerprint density at radius 2 is 1.74 bits per heavy atom. The SMILES string of the molecule is O=C(NCc1nnc(SCc2ccncc2)n1-c1ccc(F)cc1)C1(c2ccc(Cl)cc2)CC1. The van der Waals surface area contributed by atoms with Crippen molar-refractivity contribution in [2.45, 2.75) is 35.7 Å². The van der Waals surface area contributed by atoms with Crippen LogP contribution in [-0.2, 0) is 22.5 Å². The number of thioether (sulfide) groups is 1. The molecule has 2 heterocycles. The number of amides is 1. The second-order valence-electron chi connectivity index (χ2n) is 8.13. The summed E-state index contributed by atoms with van der Waals surface area (Å²) < 4.78 is 15.4. The Morgan fingerprint density at radius 3 is 2.41 bits per heavy atom. The number of nitrogens with zero attached hydrogens (tertiary/aromatic N) is 4. The van der Waals surface area contributed by atoms with Gasteiger partial charge in [0.25, 0.3) is 0 Å². The van der Waals surface area contributed by atoms with Crippen molar-refractivity contribution in [2.24, 2.45) is 0 Å². The lowest BCUT2D eigenvalue weighted by atomic mass is 9.95. The first-order valence-electron chi connectivity index (χ1n) is 10.8. The van der Waals surface area contributed by atoms with Crippen LogP contribution >= 0.6 is 23.4 Å². The highest BCUT2D eigenvalue weighted by Crippen LogP contribution is 2.48. The Labute approximate surface area is 205 Å². The first-order chi connectivity index (χ1) is 16.5. The molecule has 0 aliphatic heterocycles. The van der Waals surface area contributed by atoms with E-state index in [9.17, 15) is 9.18 Å². The lowest BCUT2D eigenvalue weighted by Gasteiger charge is -2.16. The van der Waals surface area contributed by atoms with Gasteiger partial charge in [-0.1, -0.05) is 35.5 Å². The minimum atomic E-state index is -0.524. The number of halogens is 2. The normalized spacial score (nSPS) is 14.1. The third-order valence-corrected chi connectivity index (χ3v) is 7.14. The lowest BCUT2D eigenvalue weighted by molar-refractivity contribution is -0.123. The smallest absolute Gasteiger partial charge is 0.231 e. The predicted molar refractivity (Wildman–Crippen MR) is 129 cm³/mol. The molecule has 0 atom stereocenters. The molecular weight excluding hydrogens is 473 g/mol. The van der Waals surface area contributed by atoms with Gasteiger partial charge in [0.15, 0.2) is 11.0 Å². The maximum absolute atomic E-state index is 13.6. The Balaban J connectivity index is 1.36. The van der Waals surface area contributed by atoms with Crippen LogP contribution in [0.15, 0.2) is 78.2 Å². The highest BCUT2D eigenvalue weighted by molar-refractivity contribution is 7.98. The molecule has 0 unspecified atom stereocenters. The summed E-state index contributed by atoms with van der Waals surface area (Å²) in [6, 6.07) is 17.5. The van der Waals surface area contributed by atoms with E-state index in [2.05, 4.69) is 20.5 Å². The van der Waals surface area contributed by atoms with Crippen LogP contribution in [0, 0.1) is 5.82 Å². The summed E-state index contributed by atoms with van der Waals surface area (Å²) in [6.07, 6.45) is 5.07. The predicted octanol–water partition coefficient (Wildman–Crippen LogP) is 5.10. The van der Waals surface area contributed by atoms with Gasteiger partial charge in [-0.25, -0.2) is 4.39 Å². The number of nitrogens with one attached hydrogen (secondary N) is 1. The van der Waals surface area contributed by atoms with E-state index in [0.29, 0.717) is 21.8 Å². The molecule has 6 nitrogen and oxygen atoms in total. The number of pyridine rings is 1. The molecule has 9 heteroatoms. The molecule has 2 aromatic carbocycles. The van der Waals surface area contributed by atoms with Gasteiger partial charge in [-0.3, -0.25) is 14.3 Å². The average molecular weight is 494 g/mol. The van der Waals surface area contributed by atoms with Gasteiger partial charge < -0.3 is 5.32 Å². The maximum atomic E-state index is 13.6. The Kier molecular flexibility index (Phi) is 6.34. The van der Waals surface area contributed by atoms with Crippen molar-refractivity contribution in [2.75, 3.05) is 0 Å². The third-order valence-electron chi connectivity index (χ3n) is 5.89. The number of rotatable bonds is 8. The van der Waals surface area contributed by atoms with Crippen molar-refractivity contribution in [1.29, 1.82) is 0 Å². The molecule has 1 aliphatic carbocycles. The molecule has 1 amide bonds. The molecule has 1 fully saturated rings. The van der Waals surface area contributed by atoms with Crippen molar-refractivity contribution in [3.8, 4) is 5.69 Å². The number of hydrogen-bond donors (Lipinski definition) is 1. The van der Waals surface area contributed by atoms with Gasteiger partial charge in [0, 0.05) is 28.9 Å². The molecule has 1 aliphatic rings. The number of carbonyl (C=O) groups is 1. The maximum Gasteiger partial charge on any atom is 0.231 e. The topological polar surface area (TPSA) is 72.7 Å². The summed E-state index contributed by atoms with van der Waals surface area (Å²) in [4.78, 5) is 17.2. The van der Waals surface area contributed by atoms with E-state index in [1.807, 2.05) is 41.0 Å². The summed E-state index contributed by atoms with van der Waals surface area (Å²) in [7, 11) is 0. The zero-order valence-corrected chi connectivity index (χ0v) is 19.7. The summed E-state index contributed by atoms with van der Waals surface area (Å²) in [5.74, 6) is 0.878. The van der Waals surface area contributed by atoms with Crippen LogP contribution < -0.4 is 5.32 Å². The lowest BCUT2D eigenvalue weighted by Crippen LogP contribution is -2.35. The first kappa shape index (κ1) is 22.6. The molecule has 34 heavy (non-hydrogen) atoms. The summed E-state index contributed by atoms with van der Waals surface area (Å²) >= 11 is 7.52. The van der Waals surface area contributed by atoms with Gasteiger partial charge in [0.2, 0.25) is 5.91 Å².